The van der Waals surface area contributed by atoms with Gasteiger partial charge in [0.15, 0.2) is 0 Å². The van der Waals surface area contributed by atoms with Crippen molar-refractivity contribution in [1.29, 1.82) is 0 Å². The highest BCUT2D eigenvalue weighted by molar-refractivity contribution is 5.78. The molecular weight excluding hydrogens is 259 g/mol. The Bertz CT molecular complexity index is 484. The van der Waals surface area contributed by atoms with Gasteiger partial charge in [0.1, 0.15) is 5.69 Å². The fraction of sp³-hybridized carbons (Fsp3) is 0.538. The number of nitrogens with zero attached hydrogens (tertiary/aromatic N) is 1. The van der Waals surface area contributed by atoms with Crippen molar-refractivity contribution in [2.75, 3.05) is 6.61 Å². The summed E-state index contributed by atoms with van der Waals surface area (Å²) in [6.45, 7) is 3.85. The van der Waals surface area contributed by atoms with E-state index in [0.29, 0.717) is 18.6 Å². The maximum atomic E-state index is 12.4. The quantitative estimate of drug-likeness (QED) is 0.795. The topological polar surface area (TPSA) is 39.2 Å². The Morgan fingerprint density at radius 3 is 2.68 bits per heavy atom. The Balaban J connectivity index is 2.14. The molecule has 1 unspecified atom stereocenters. The van der Waals surface area contributed by atoms with Crippen molar-refractivity contribution >= 4 is 5.97 Å². The molecule has 0 radical (unpaired) electrons. The van der Waals surface area contributed by atoms with E-state index in [1.165, 1.54) is 12.3 Å². The zero-order chi connectivity index (χ0) is 14.3. The van der Waals surface area contributed by atoms with Gasteiger partial charge in [0, 0.05) is 11.6 Å². The van der Waals surface area contributed by atoms with Crippen LogP contribution in [0.3, 0.4) is 0 Å². The maximum Gasteiger partial charge on any atom is 0.433 e. The summed E-state index contributed by atoms with van der Waals surface area (Å²) < 4.78 is 42.1. The molecule has 1 aliphatic carbocycles. The number of halogens is 3. The van der Waals surface area contributed by atoms with E-state index in [-0.39, 0.29) is 11.9 Å². The molecule has 0 N–H and O–H groups in total. The molecule has 1 saturated carbocycles. The Kier molecular flexibility index (Phi) is 3.28. The van der Waals surface area contributed by atoms with Gasteiger partial charge in [-0.2, -0.15) is 13.2 Å². The lowest BCUT2D eigenvalue weighted by molar-refractivity contribution is -0.145. The second-order valence-electron chi connectivity index (χ2n) is 4.86. The Morgan fingerprint density at radius 2 is 2.21 bits per heavy atom. The van der Waals surface area contributed by atoms with Gasteiger partial charge in [0.05, 0.1) is 12.5 Å². The molecule has 2 rings (SSSR count). The van der Waals surface area contributed by atoms with Crippen molar-refractivity contribution in [2.24, 2.45) is 5.92 Å². The number of carbonyl (C=O) groups is 1. The monoisotopic (exact) mass is 273 g/mol. The van der Waals surface area contributed by atoms with Crippen molar-refractivity contribution in [1.82, 2.24) is 4.98 Å². The second kappa shape index (κ2) is 4.51. The van der Waals surface area contributed by atoms with Crippen molar-refractivity contribution < 1.29 is 22.7 Å². The lowest BCUT2D eigenvalue weighted by Gasteiger charge is -2.12. The van der Waals surface area contributed by atoms with Gasteiger partial charge in [-0.3, -0.25) is 9.78 Å². The third-order valence-corrected chi connectivity index (χ3v) is 3.52. The summed E-state index contributed by atoms with van der Waals surface area (Å²) in [6.07, 6.45) is -2.66. The van der Waals surface area contributed by atoms with Crippen molar-refractivity contribution in [3.8, 4) is 0 Å². The standard InChI is InChI=1S/C13H14F3NO2/c1-3-19-11(18)9-6-12(9,2)8-4-5-10(17-7-8)13(14,15)16/h4-5,7,9H,3,6H2,1-2H3/t9?,12-/m0/s1. The number of hydrogen-bond donors (Lipinski definition) is 0. The predicted molar refractivity (Wildman–Crippen MR) is 61.3 cm³/mol. The zero-order valence-corrected chi connectivity index (χ0v) is 10.6. The minimum absolute atomic E-state index is 0.286. The molecule has 0 spiro atoms. The van der Waals surface area contributed by atoms with E-state index in [2.05, 4.69) is 4.98 Å². The van der Waals surface area contributed by atoms with Gasteiger partial charge in [0.2, 0.25) is 0 Å². The van der Waals surface area contributed by atoms with Crippen LogP contribution in [0, 0.1) is 5.92 Å². The van der Waals surface area contributed by atoms with Crippen LogP contribution in [0.2, 0.25) is 0 Å². The van der Waals surface area contributed by atoms with E-state index in [9.17, 15) is 18.0 Å². The third kappa shape index (κ3) is 2.57. The minimum Gasteiger partial charge on any atom is -0.466 e. The molecule has 0 aromatic carbocycles. The van der Waals surface area contributed by atoms with Crippen molar-refractivity contribution in [3.63, 3.8) is 0 Å². The summed E-state index contributed by atoms with van der Waals surface area (Å²) in [7, 11) is 0. The molecule has 1 heterocycles. The van der Waals surface area contributed by atoms with E-state index in [1.807, 2.05) is 6.92 Å². The van der Waals surface area contributed by atoms with Crippen LogP contribution >= 0.6 is 0 Å². The van der Waals surface area contributed by atoms with Crippen LogP contribution in [0.1, 0.15) is 31.5 Å². The van der Waals surface area contributed by atoms with Gasteiger partial charge < -0.3 is 4.74 Å². The number of rotatable bonds is 3. The normalized spacial score (nSPS) is 26.1. The molecule has 19 heavy (non-hydrogen) atoms. The van der Waals surface area contributed by atoms with E-state index >= 15 is 0 Å². The SMILES string of the molecule is CCOC(=O)C1C[C@@]1(C)c1ccc(C(F)(F)F)nc1. The van der Waals surface area contributed by atoms with Gasteiger partial charge in [-0.15, -0.1) is 0 Å². The van der Waals surface area contributed by atoms with Gasteiger partial charge in [-0.05, 0) is 25.0 Å². The number of aromatic nitrogens is 1. The molecule has 0 bridgehead atoms. The molecular formula is C13H14F3NO2. The highest BCUT2D eigenvalue weighted by Gasteiger charge is 2.56. The van der Waals surface area contributed by atoms with Gasteiger partial charge in [-0.1, -0.05) is 13.0 Å². The van der Waals surface area contributed by atoms with Crippen LogP contribution in [-0.4, -0.2) is 17.6 Å². The van der Waals surface area contributed by atoms with Crippen LogP contribution in [0.25, 0.3) is 0 Å². The summed E-state index contributed by atoms with van der Waals surface area (Å²) >= 11 is 0. The maximum absolute atomic E-state index is 12.4. The predicted octanol–water partition coefficient (Wildman–Crippen LogP) is 2.94. The average Bonchev–Trinajstić information content (AvgIpc) is 3.03. The average molecular weight is 273 g/mol. The molecule has 0 amide bonds. The number of carbonyl (C=O) groups excluding carboxylic acids is 1. The highest BCUT2D eigenvalue weighted by Crippen LogP contribution is 2.54. The lowest BCUT2D eigenvalue weighted by atomic mass is 9.97. The van der Waals surface area contributed by atoms with E-state index in [4.69, 9.17) is 4.74 Å². The molecule has 1 aromatic rings. The largest absolute Gasteiger partial charge is 0.466 e. The third-order valence-electron chi connectivity index (χ3n) is 3.52. The summed E-state index contributed by atoms with van der Waals surface area (Å²) in [5.41, 5.74) is -0.740. The first-order valence-corrected chi connectivity index (χ1v) is 5.99. The van der Waals surface area contributed by atoms with Crippen LogP contribution in [-0.2, 0) is 21.1 Å². The van der Waals surface area contributed by atoms with Crippen molar-refractivity contribution in [3.05, 3.63) is 29.6 Å². The molecule has 1 aliphatic rings. The molecule has 104 valence electrons. The molecule has 3 nitrogen and oxygen atoms in total. The highest BCUT2D eigenvalue weighted by atomic mass is 19.4. The molecule has 0 aliphatic heterocycles. The zero-order valence-electron chi connectivity index (χ0n) is 10.6. The first kappa shape index (κ1) is 13.8. The summed E-state index contributed by atoms with van der Waals surface area (Å²) in [5.74, 6) is -0.587. The Morgan fingerprint density at radius 1 is 1.53 bits per heavy atom. The number of esters is 1. The molecule has 1 fully saturated rings. The fourth-order valence-electron chi connectivity index (χ4n) is 2.17. The first-order valence-electron chi connectivity index (χ1n) is 5.99. The summed E-state index contributed by atoms with van der Waals surface area (Å²) in [5, 5.41) is 0. The van der Waals surface area contributed by atoms with E-state index in [0.717, 1.165) is 6.07 Å². The number of hydrogen-bond acceptors (Lipinski definition) is 3. The molecule has 2 atom stereocenters. The molecule has 1 aromatic heterocycles. The fourth-order valence-corrected chi connectivity index (χ4v) is 2.17. The van der Waals surface area contributed by atoms with Gasteiger partial charge >= 0.3 is 12.1 Å². The smallest absolute Gasteiger partial charge is 0.433 e. The van der Waals surface area contributed by atoms with E-state index in [1.54, 1.807) is 6.92 Å². The lowest BCUT2D eigenvalue weighted by Crippen LogP contribution is -2.15. The Labute approximate surface area is 108 Å². The second-order valence-corrected chi connectivity index (χ2v) is 4.86. The summed E-state index contributed by atoms with van der Waals surface area (Å²) in [4.78, 5) is 15.0. The molecule has 0 saturated heterocycles. The molecule has 6 heteroatoms. The van der Waals surface area contributed by atoms with Crippen LogP contribution in [0.15, 0.2) is 18.3 Å². The summed E-state index contributed by atoms with van der Waals surface area (Å²) in [6, 6.07) is 2.33. The Hall–Kier alpha value is -1.59. The van der Waals surface area contributed by atoms with Crippen LogP contribution < -0.4 is 0 Å². The number of alkyl halides is 3. The minimum atomic E-state index is -4.44. The van der Waals surface area contributed by atoms with Gasteiger partial charge in [-0.25, -0.2) is 0 Å². The van der Waals surface area contributed by atoms with Crippen LogP contribution in [0.4, 0.5) is 13.2 Å². The van der Waals surface area contributed by atoms with Gasteiger partial charge in [0.25, 0.3) is 0 Å². The number of pyridine rings is 1. The van der Waals surface area contributed by atoms with Crippen LogP contribution in [0.5, 0.6) is 0 Å². The van der Waals surface area contributed by atoms with E-state index < -0.39 is 17.3 Å². The first-order chi connectivity index (χ1) is 8.79. The van der Waals surface area contributed by atoms with Crippen molar-refractivity contribution in [2.45, 2.75) is 31.9 Å². The number of ether oxygens (including phenoxy) is 1.